The van der Waals surface area contributed by atoms with Gasteiger partial charge < -0.3 is 15.4 Å². The molecular weight excluding hydrogens is 376 g/mol. The topological polar surface area (TPSA) is 117 Å². The Kier molecular flexibility index (Phi) is 5.20. The molecule has 0 saturated carbocycles. The molecule has 3 heterocycles. The highest BCUT2D eigenvalue weighted by Crippen LogP contribution is 2.30. The van der Waals surface area contributed by atoms with Gasteiger partial charge in [0.05, 0.1) is 17.7 Å². The van der Waals surface area contributed by atoms with Gasteiger partial charge in [0.2, 0.25) is 11.8 Å². The molecule has 2 saturated heterocycles. The van der Waals surface area contributed by atoms with Crippen molar-refractivity contribution in [2.75, 3.05) is 33.4 Å². The molecule has 0 aromatic heterocycles. The maximum atomic E-state index is 13.1. The predicted molar refractivity (Wildman–Crippen MR) is 102 cm³/mol. The van der Waals surface area contributed by atoms with Crippen molar-refractivity contribution >= 4 is 23.6 Å². The van der Waals surface area contributed by atoms with Crippen LogP contribution in [0.3, 0.4) is 0 Å². The third-order valence-corrected chi connectivity index (χ3v) is 5.82. The standard InChI is InChI=1S/C20H24N4O5/c1-29-11-20(9-22-10-20)8-21-7-12-3-2-4-13-16(12)19(28)24(18(13)27)14-5-6-15(25)23-17(14)26/h2-4,14,21-22H,5-11H2,1H3,(H,23,25,26). The largest absolute Gasteiger partial charge is 0.384 e. The molecule has 0 aliphatic carbocycles. The van der Waals surface area contributed by atoms with Crippen LogP contribution in [0.1, 0.15) is 39.1 Å². The van der Waals surface area contributed by atoms with E-state index in [1.165, 1.54) is 0 Å². The molecule has 4 amide bonds. The molecule has 4 rings (SSSR count). The molecule has 1 aromatic carbocycles. The summed E-state index contributed by atoms with van der Waals surface area (Å²) in [4.78, 5) is 50.5. The van der Waals surface area contributed by atoms with E-state index >= 15 is 0 Å². The smallest absolute Gasteiger partial charge is 0.262 e. The van der Waals surface area contributed by atoms with Crippen LogP contribution in [0.15, 0.2) is 18.2 Å². The molecule has 0 spiro atoms. The van der Waals surface area contributed by atoms with Crippen molar-refractivity contribution in [3.8, 4) is 0 Å². The zero-order valence-electron chi connectivity index (χ0n) is 16.2. The molecule has 3 aliphatic heterocycles. The fourth-order valence-corrected chi connectivity index (χ4v) is 4.26. The number of fused-ring (bicyclic) bond motifs is 1. The fraction of sp³-hybridized carbons (Fsp3) is 0.500. The molecule has 1 aromatic rings. The van der Waals surface area contributed by atoms with E-state index in [-0.39, 0.29) is 24.2 Å². The summed E-state index contributed by atoms with van der Waals surface area (Å²) in [5.74, 6) is -1.95. The van der Waals surface area contributed by atoms with E-state index in [1.54, 1.807) is 19.2 Å². The van der Waals surface area contributed by atoms with Gasteiger partial charge in [-0.2, -0.15) is 0 Å². The Balaban J connectivity index is 1.50. The number of nitrogens with one attached hydrogen (secondary N) is 3. The predicted octanol–water partition coefficient (Wildman–Crippen LogP) is -0.587. The summed E-state index contributed by atoms with van der Waals surface area (Å²) in [5.41, 5.74) is 1.39. The van der Waals surface area contributed by atoms with E-state index in [2.05, 4.69) is 16.0 Å². The molecule has 1 atom stereocenters. The summed E-state index contributed by atoms with van der Waals surface area (Å²) in [7, 11) is 1.68. The van der Waals surface area contributed by atoms with Crippen molar-refractivity contribution < 1.29 is 23.9 Å². The second kappa shape index (κ2) is 7.66. The van der Waals surface area contributed by atoms with Crippen LogP contribution in [0, 0.1) is 5.41 Å². The first kappa shape index (κ1) is 19.7. The van der Waals surface area contributed by atoms with Crippen LogP contribution in [-0.4, -0.2) is 67.9 Å². The van der Waals surface area contributed by atoms with Gasteiger partial charge in [0.15, 0.2) is 0 Å². The van der Waals surface area contributed by atoms with Gasteiger partial charge >= 0.3 is 0 Å². The number of nitrogens with zero attached hydrogens (tertiary/aromatic N) is 1. The molecular formula is C20H24N4O5. The zero-order chi connectivity index (χ0) is 20.6. The lowest BCUT2D eigenvalue weighted by atomic mass is 9.82. The van der Waals surface area contributed by atoms with Crippen LogP contribution in [0.25, 0.3) is 0 Å². The number of methoxy groups -OCH3 is 1. The molecule has 154 valence electrons. The normalized spacial score (nSPS) is 23.1. The van der Waals surface area contributed by atoms with Gasteiger partial charge in [0.1, 0.15) is 6.04 Å². The van der Waals surface area contributed by atoms with Crippen molar-refractivity contribution in [1.82, 2.24) is 20.9 Å². The quantitative estimate of drug-likeness (QED) is 0.524. The molecule has 9 nitrogen and oxygen atoms in total. The van der Waals surface area contributed by atoms with E-state index in [9.17, 15) is 19.2 Å². The van der Waals surface area contributed by atoms with E-state index in [0.29, 0.717) is 24.3 Å². The van der Waals surface area contributed by atoms with Crippen LogP contribution in [0.4, 0.5) is 0 Å². The van der Waals surface area contributed by atoms with Gasteiger partial charge in [-0.15, -0.1) is 0 Å². The number of amides is 4. The minimum absolute atomic E-state index is 0.0330. The summed E-state index contributed by atoms with van der Waals surface area (Å²) in [6.45, 7) is 3.51. The third-order valence-electron chi connectivity index (χ3n) is 5.82. The number of hydrogen-bond acceptors (Lipinski definition) is 7. The number of ether oxygens (including phenoxy) is 1. The number of imide groups is 2. The van der Waals surface area contributed by atoms with Gasteiger partial charge in [0.25, 0.3) is 11.8 Å². The molecule has 3 N–H and O–H groups in total. The van der Waals surface area contributed by atoms with Crippen molar-refractivity contribution in [3.63, 3.8) is 0 Å². The van der Waals surface area contributed by atoms with Crippen LogP contribution in [0.5, 0.6) is 0 Å². The van der Waals surface area contributed by atoms with E-state index in [4.69, 9.17) is 4.74 Å². The first-order chi connectivity index (χ1) is 14.0. The van der Waals surface area contributed by atoms with Crippen molar-refractivity contribution in [1.29, 1.82) is 0 Å². The van der Waals surface area contributed by atoms with Gasteiger partial charge in [-0.25, -0.2) is 0 Å². The number of hydrogen-bond donors (Lipinski definition) is 3. The van der Waals surface area contributed by atoms with E-state index in [1.807, 2.05) is 6.07 Å². The first-order valence-corrected chi connectivity index (χ1v) is 9.70. The van der Waals surface area contributed by atoms with Gasteiger partial charge in [-0.1, -0.05) is 12.1 Å². The van der Waals surface area contributed by atoms with Crippen LogP contribution in [0.2, 0.25) is 0 Å². The number of carbonyl (C=O) groups excluding carboxylic acids is 4. The summed E-state index contributed by atoms with van der Waals surface area (Å²) in [5, 5.41) is 8.84. The zero-order valence-corrected chi connectivity index (χ0v) is 16.2. The van der Waals surface area contributed by atoms with Gasteiger partial charge in [0, 0.05) is 45.1 Å². The molecule has 0 radical (unpaired) electrons. The maximum Gasteiger partial charge on any atom is 0.262 e. The average Bonchev–Trinajstić information content (AvgIpc) is 2.91. The molecule has 0 bridgehead atoms. The molecule has 29 heavy (non-hydrogen) atoms. The first-order valence-electron chi connectivity index (χ1n) is 9.70. The minimum atomic E-state index is -0.952. The number of piperidine rings is 1. The summed E-state index contributed by atoms with van der Waals surface area (Å²) >= 11 is 0. The third kappa shape index (κ3) is 3.45. The second-order valence-electron chi connectivity index (χ2n) is 7.93. The Morgan fingerprint density at radius 3 is 2.66 bits per heavy atom. The lowest BCUT2D eigenvalue weighted by Gasteiger charge is -2.42. The Morgan fingerprint density at radius 2 is 2.00 bits per heavy atom. The number of carbonyl (C=O) groups is 4. The highest BCUT2D eigenvalue weighted by atomic mass is 16.5. The van der Waals surface area contributed by atoms with Crippen molar-refractivity contribution in [3.05, 3.63) is 34.9 Å². The summed E-state index contributed by atoms with van der Waals surface area (Å²) in [6, 6.07) is 4.21. The van der Waals surface area contributed by atoms with Crippen molar-refractivity contribution in [2.24, 2.45) is 5.41 Å². The van der Waals surface area contributed by atoms with E-state index in [0.717, 1.165) is 30.1 Å². The summed E-state index contributed by atoms with van der Waals surface area (Å²) in [6.07, 6.45) is 0.254. The van der Waals surface area contributed by atoms with Crippen LogP contribution < -0.4 is 16.0 Å². The molecule has 1 unspecified atom stereocenters. The van der Waals surface area contributed by atoms with E-state index < -0.39 is 23.8 Å². The Bertz CT molecular complexity index is 880. The highest BCUT2D eigenvalue weighted by molar-refractivity contribution is 6.24. The van der Waals surface area contributed by atoms with Crippen LogP contribution >= 0.6 is 0 Å². The Labute approximate surface area is 168 Å². The second-order valence-corrected chi connectivity index (χ2v) is 7.93. The fourth-order valence-electron chi connectivity index (χ4n) is 4.26. The average molecular weight is 400 g/mol. The molecule has 9 heteroatoms. The minimum Gasteiger partial charge on any atom is -0.384 e. The van der Waals surface area contributed by atoms with Crippen LogP contribution in [-0.2, 0) is 20.9 Å². The SMILES string of the molecule is COCC1(CNCc2cccc3c2C(=O)N(C2CCC(=O)NC2=O)C3=O)CNC1. The maximum absolute atomic E-state index is 13.1. The summed E-state index contributed by atoms with van der Waals surface area (Å²) < 4.78 is 5.31. The van der Waals surface area contributed by atoms with Gasteiger partial charge in [-0.05, 0) is 18.1 Å². The molecule has 2 fully saturated rings. The Hall–Kier alpha value is -2.62. The number of benzene rings is 1. The lowest BCUT2D eigenvalue weighted by Crippen LogP contribution is -2.60. The Morgan fingerprint density at radius 1 is 1.21 bits per heavy atom. The monoisotopic (exact) mass is 400 g/mol. The van der Waals surface area contributed by atoms with Crippen molar-refractivity contribution in [2.45, 2.75) is 25.4 Å². The highest BCUT2D eigenvalue weighted by Gasteiger charge is 2.45. The lowest BCUT2D eigenvalue weighted by molar-refractivity contribution is -0.136. The molecule has 3 aliphatic rings. The number of rotatable bonds is 7. The van der Waals surface area contributed by atoms with Gasteiger partial charge in [-0.3, -0.25) is 29.4 Å².